The zero-order chi connectivity index (χ0) is 12.2. The molecule has 0 bridgehead atoms. The van der Waals surface area contributed by atoms with E-state index in [4.69, 9.17) is 0 Å². The first-order valence-electron chi connectivity index (χ1n) is 6.89. The molecule has 16 heavy (non-hydrogen) atoms. The van der Waals surface area contributed by atoms with Crippen molar-refractivity contribution in [2.24, 2.45) is 11.3 Å². The molecule has 0 aromatic rings. The van der Waals surface area contributed by atoms with E-state index in [0.717, 1.165) is 5.92 Å². The van der Waals surface area contributed by atoms with Gasteiger partial charge < -0.3 is 10.2 Å². The maximum Gasteiger partial charge on any atom is 0.00991 e. The van der Waals surface area contributed by atoms with Crippen LogP contribution in [0.1, 0.15) is 47.0 Å². The lowest BCUT2D eigenvalue weighted by molar-refractivity contribution is 0.164. The van der Waals surface area contributed by atoms with E-state index in [9.17, 15) is 0 Å². The standard InChI is InChI=1S/C14H30N2/c1-6-7-13-8-9-16(10-13)11-14(3,4)12(2)15-5/h12-13,15H,6-11H2,1-5H3. The van der Waals surface area contributed by atoms with E-state index in [1.54, 1.807) is 0 Å². The summed E-state index contributed by atoms with van der Waals surface area (Å²) in [6.07, 6.45) is 4.17. The monoisotopic (exact) mass is 226 g/mol. The third-order valence-electron chi connectivity index (χ3n) is 4.30. The summed E-state index contributed by atoms with van der Waals surface area (Å²) in [7, 11) is 2.07. The first-order valence-corrected chi connectivity index (χ1v) is 6.89. The Morgan fingerprint density at radius 2 is 2.12 bits per heavy atom. The Hall–Kier alpha value is -0.0800. The second-order valence-electron chi connectivity index (χ2n) is 6.18. The average molecular weight is 226 g/mol. The van der Waals surface area contributed by atoms with Crippen LogP contribution >= 0.6 is 0 Å². The molecule has 1 saturated heterocycles. The third kappa shape index (κ3) is 3.74. The molecule has 0 radical (unpaired) electrons. The molecule has 96 valence electrons. The Balaban J connectivity index is 2.38. The molecule has 1 fully saturated rings. The molecule has 1 heterocycles. The minimum Gasteiger partial charge on any atom is -0.317 e. The topological polar surface area (TPSA) is 15.3 Å². The van der Waals surface area contributed by atoms with Gasteiger partial charge in [0, 0.05) is 19.1 Å². The van der Waals surface area contributed by atoms with Crippen molar-refractivity contribution in [3.05, 3.63) is 0 Å². The molecular formula is C14H30N2. The highest BCUT2D eigenvalue weighted by Crippen LogP contribution is 2.27. The van der Waals surface area contributed by atoms with Gasteiger partial charge in [0.15, 0.2) is 0 Å². The normalized spacial score (nSPS) is 24.9. The van der Waals surface area contributed by atoms with Crippen LogP contribution in [-0.2, 0) is 0 Å². The van der Waals surface area contributed by atoms with Crippen LogP contribution in [0.5, 0.6) is 0 Å². The molecule has 2 unspecified atom stereocenters. The zero-order valence-electron chi connectivity index (χ0n) is 11.8. The van der Waals surface area contributed by atoms with E-state index < -0.39 is 0 Å². The fourth-order valence-electron chi connectivity index (χ4n) is 2.80. The van der Waals surface area contributed by atoms with Crippen LogP contribution < -0.4 is 5.32 Å². The number of hydrogen-bond donors (Lipinski definition) is 1. The van der Waals surface area contributed by atoms with Gasteiger partial charge in [0.2, 0.25) is 0 Å². The van der Waals surface area contributed by atoms with E-state index in [-0.39, 0.29) is 0 Å². The third-order valence-corrected chi connectivity index (χ3v) is 4.30. The number of rotatable bonds is 6. The summed E-state index contributed by atoms with van der Waals surface area (Å²) in [6, 6.07) is 0.581. The lowest BCUT2D eigenvalue weighted by Crippen LogP contribution is -2.45. The zero-order valence-corrected chi connectivity index (χ0v) is 11.8. The predicted molar refractivity (Wildman–Crippen MR) is 71.8 cm³/mol. The van der Waals surface area contributed by atoms with Gasteiger partial charge >= 0.3 is 0 Å². The minimum absolute atomic E-state index is 0.371. The van der Waals surface area contributed by atoms with Crippen molar-refractivity contribution in [3.8, 4) is 0 Å². The average Bonchev–Trinajstić information content (AvgIpc) is 2.64. The number of hydrogen-bond acceptors (Lipinski definition) is 2. The Morgan fingerprint density at radius 1 is 1.44 bits per heavy atom. The van der Waals surface area contributed by atoms with Gasteiger partial charge in [-0.15, -0.1) is 0 Å². The summed E-state index contributed by atoms with van der Waals surface area (Å²) >= 11 is 0. The molecular weight excluding hydrogens is 196 g/mol. The Bertz CT molecular complexity index is 201. The van der Waals surface area contributed by atoms with Crippen LogP contribution in [-0.4, -0.2) is 37.6 Å². The maximum absolute atomic E-state index is 3.39. The SMILES string of the molecule is CCCC1CCN(CC(C)(C)C(C)NC)C1. The second kappa shape index (κ2) is 6.02. The first-order chi connectivity index (χ1) is 7.49. The molecule has 1 N–H and O–H groups in total. The van der Waals surface area contributed by atoms with E-state index >= 15 is 0 Å². The van der Waals surface area contributed by atoms with Crippen molar-refractivity contribution >= 4 is 0 Å². The lowest BCUT2D eigenvalue weighted by atomic mass is 9.85. The van der Waals surface area contributed by atoms with E-state index in [1.807, 2.05) is 0 Å². The molecule has 1 rings (SSSR count). The van der Waals surface area contributed by atoms with Crippen molar-refractivity contribution < 1.29 is 0 Å². The van der Waals surface area contributed by atoms with Crippen LogP contribution in [0.15, 0.2) is 0 Å². The Kier molecular flexibility index (Phi) is 5.26. The smallest absolute Gasteiger partial charge is 0.00991 e. The van der Waals surface area contributed by atoms with E-state index in [1.165, 1.54) is 38.9 Å². The molecule has 1 aliphatic rings. The first kappa shape index (κ1) is 14.0. The van der Waals surface area contributed by atoms with Gasteiger partial charge in [0.05, 0.1) is 0 Å². The van der Waals surface area contributed by atoms with Gasteiger partial charge in [-0.2, -0.15) is 0 Å². The molecule has 0 spiro atoms. The predicted octanol–water partition coefficient (Wildman–Crippen LogP) is 2.74. The Morgan fingerprint density at radius 3 is 2.69 bits per heavy atom. The van der Waals surface area contributed by atoms with Crippen LogP contribution in [0.25, 0.3) is 0 Å². The van der Waals surface area contributed by atoms with Gasteiger partial charge in [0.25, 0.3) is 0 Å². The molecule has 0 saturated carbocycles. The quantitative estimate of drug-likeness (QED) is 0.749. The molecule has 2 nitrogen and oxygen atoms in total. The van der Waals surface area contributed by atoms with Crippen LogP contribution in [0.4, 0.5) is 0 Å². The van der Waals surface area contributed by atoms with Crippen molar-refractivity contribution in [1.82, 2.24) is 10.2 Å². The van der Waals surface area contributed by atoms with Crippen LogP contribution in [0, 0.1) is 11.3 Å². The minimum atomic E-state index is 0.371. The summed E-state index contributed by atoms with van der Waals surface area (Å²) in [5, 5.41) is 3.39. The van der Waals surface area contributed by atoms with E-state index in [2.05, 4.69) is 45.0 Å². The molecule has 0 aromatic heterocycles. The molecule has 0 amide bonds. The maximum atomic E-state index is 3.39. The van der Waals surface area contributed by atoms with Crippen molar-refractivity contribution in [2.75, 3.05) is 26.7 Å². The summed E-state index contributed by atoms with van der Waals surface area (Å²) in [5.74, 6) is 0.964. The highest BCUT2D eigenvalue weighted by atomic mass is 15.2. The molecule has 1 aliphatic heterocycles. The fourth-order valence-corrected chi connectivity index (χ4v) is 2.80. The fraction of sp³-hybridized carbons (Fsp3) is 1.00. The summed E-state index contributed by atoms with van der Waals surface area (Å²) < 4.78 is 0. The van der Waals surface area contributed by atoms with Gasteiger partial charge in [-0.3, -0.25) is 0 Å². The highest BCUT2D eigenvalue weighted by molar-refractivity contribution is 4.86. The van der Waals surface area contributed by atoms with Gasteiger partial charge in [0.1, 0.15) is 0 Å². The summed E-state index contributed by atoms with van der Waals surface area (Å²) in [5.41, 5.74) is 0.371. The largest absolute Gasteiger partial charge is 0.317 e. The van der Waals surface area contributed by atoms with Gasteiger partial charge in [-0.1, -0.05) is 27.2 Å². The molecule has 2 heteroatoms. The number of nitrogens with zero attached hydrogens (tertiary/aromatic N) is 1. The molecule has 0 aliphatic carbocycles. The lowest BCUT2D eigenvalue weighted by Gasteiger charge is -2.35. The Labute approximate surface area is 102 Å². The highest BCUT2D eigenvalue weighted by Gasteiger charge is 2.30. The molecule has 2 atom stereocenters. The van der Waals surface area contributed by atoms with Crippen molar-refractivity contribution in [2.45, 2.75) is 53.0 Å². The van der Waals surface area contributed by atoms with E-state index in [0.29, 0.717) is 11.5 Å². The van der Waals surface area contributed by atoms with Gasteiger partial charge in [-0.25, -0.2) is 0 Å². The van der Waals surface area contributed by atoms with Crippen molar-refractivity contribution in [1.29, 1.82) is 0 Å². The van der Waals surface area contributed by atoms with Crippen LogP contribution in [0.2, 0.25) is 0 Å². The van der Waals surface area contributed by atoms with Gasteiger partial charge in [-0.05, 0) is 44.7 Å². The van der Waals surface area contributed by atoms with Crippen molar-refractivity contribution in [3.63, 3.8) is 0 Å². The summed E-state index contributed by atoms with van der Waals surface area (Å²) in [6.45, 7) is 13.2. The summed E-state index contributed by atoms with van der Waals surface area (Å²) in [4.78, 5) is 2.66. The number of nitrogens with one attached hydrogen (secondary N) is 1. The molecule has 0 aromatic carbocycles. The van der Waals surface area contributed by atoms with Crippen LogP contribution in [0.3, 0.4) is 0 Å². The number of likely N-dealkylation sites (tertiary alicyclic amines) is 1. The second-order valence-corrected chi connectivity index (χ2v) is 6.18.